The van der Waals surface area contributed by atoms with Crippen LogP contribution in [-0.2, 0) is 4.79 Å². The molecule has 1 N–H and O–H groups in total. The van der Waals surface area contributed by atoms with Crippen LogP contribution in [0.5, 0.6) is 0 Å². The lowest BCUT2D eigenvalue weighted by Gasteiger charge is -2.13. The van der Waals surface area contributed by atoms with Crippen LogP contribution in [0.4, 0.5) is 18.9 Å². The Morgan fingerprint density at radius 3 is 2.52 bits per heavy atom. The molecule has 7 heteroatoms. The molecule has 0 fully saturated rings. The topological polar surface area (TPSA) is 54.9 Å². The summed E-state index contributed by atoms with van der Waals surface area (Å²) in [7, 11) is 0. The molecule has 4 nitrogen and oxygen atoms in total. The second-order valence-corrected chi connectivity index (χ2v) is 6.80. The van der Waals surface area contributed by atoms with Crippen LogP contribution in [0.15, 0.2) is 92.0 Å². The number of anilines is 1. The van der Waals surface area contributed by atoms with Gasteiger partial charge in [0, 0.05) is 22.8 Å². The second-order valence-electron chi connectivity index (χ2n) is 6.80. The molecule has 1 amide bonds. The maximum absolute atomic E-state index is 13.3. The summed E-state index contributed by atoms with van der Waals surface area (Å²) >= 11 is 0. The van der Waals surface area contributed by atoms with Crippen LogP contribution in [0, 0.1) is 0 Å². The summed E-state index contributed by atoms with van der Waals surface area (Å²) in [6.45, 7) is 8.39. The van der Waals surface area contributed by atoms with Crippen molar-refractivity contribution in [3.05, 3.63) is 97.5 Å². The van der Waals surface area contributed by atoms with Crippen molar-refractivity contribution in [2.75, 3.05) is 5.32 Å². The van der Waals surface area contributed by atoms with Gasteiger partial charge in [0.2, 0.25) is 5.91 Å². The smallest absolute Gasteiger partial charge is 0.323 e. The van der Waals surface area contributed by atoms with E-state index in [1.165, 1.54) is 12.4 Å². The monoisotopic (exact) mass is 451 g/mol. The number of nitrogens with zero attached hydrogens (tertiary/aromatic N) is 2. The molecule has 33 heavy (non-hydrogen) atoms. The lowest BCUT2D eigenvalue weighted by molar-refractivity contribution is -0.111. The minimum absolute atomic E-state index is 0. The highest BCUT2D eigenvalue weighted by Crippen LogP contribution is 2.34. The molecule has 0 atom stereocenters. The predicted octanol–water partition coefficient (Wildman–Crippen LogP) is 7.14. The van der Waals surface area contributed by atoms with Crippen molar-refractivity contribution in [1.29, 1.82) is 0 Å². The van der Waals surface area contributed by atoms with Crippen molar-refractivity contribution in [2.45, 2.75) is 20.5 Å². The van der Waals surface area contributed by atoms with Gasteiger partial charge in [0.15, 0.2) is 0 Å². The van der Waals surface area contributed by atoms with Crippen LogP contribution < -0.4 is 5.32 Å². The highest BCUT2D eigenvalue weighted by molar-refractivity contribution is 6.01. The Bertz CT molecular complexity index is 1260. The van der Waals surface area contributed by atoms with Gasteiger partial charge in [0.1, 0.15) is 6.33 Å². The van der Waals surface area contributed by atoms with Crippen LogP contribution in [0.2, 0.25) is 0 Å². The summed E-state index contributed by atoms with van der Waals surface area (Å²) in [5.74, 6) is -0.353. The van der Waals surface area contributed by atoms with Crippen molar-refractivity contribution in [1.82, 2.24) is 9.97 Å². The zero-order valence-electron chi connectivity index (χ0n) is 17.3. The Balaban J connectivity index is 0.00000385. The van der Waals surface area contributed by atoms with Gasteiger partial charge in [-0.25, -0.2) is 9.97 Å². The summed E-state index contributed by atoms with van der Waals surface area (Å²) in [4.78, 5) is 20.1. The Morgan fingerprint density at radius 1 is 1.12 bits per heavy atom. The molecule has 0 radical (unpaired) electrons. The number of fused-ring (bicyclic) bond motifs is 1. The van der Waals surface area contributed by atoms with Crippen molar-refractivity contribution >= 4 is 28.1 Å². The molecule has 2 aromatic carbocycles. The number of hydrogen-bond donors (Lipinski definition) is 1. The van der Waals surface area contributed by atoms with E-state index in [0.717, 1.165) is 17.7 Å². The predicted molar refractivity (Wildman–Crippen MR) is 129 cm³/mol. The van der Waals surface area contributed by atoms with Gasteiger partial charge in [-0.3, -0.25) is 4.79 Å². The summed E-state index contributed by atoms with van der Waals surface area (Å²) in [5, 5.41) is 3.37. The number of carbonyl (C=O) groups excluding carboxylic acids is 1. The summed E-state index contributed by atoms with van der Waals surface area (Å²) in [6, 6.07) is 10.6. The van der Waals surface area contributed by atoms with E-state index in [-0.39, 0.29) is 13.3 Å². The molecule has 0 unspecified atom stereocenters. The Labute approximate surface area is 190 Å². The molecule has 0 saturated heterocycles. The lowest BCUT2D eigenvalue weighted by Crippen LogP contribution is -2.09. The molecule has 0 aliphatic rings. The minimum atomic E-state index is -4.52. The molecular formula is C26H24F3N3O. The maximum atomic E-state index is 13.3. The molecule has 0 bridgehead atoms. The fraction of sp³-hybridized carbons (Fsp3) is 0.115. The number of nitrogens with one attached hydrogen (secondary N) is 1. The fourth-order valence-electron chi connectivity index (χ4n) is 3.21. The van der Waals surface area contributed by atoms with Crippen molar-refractivity contribution in [2.24, 2.45) is 0 Å². The van der Waals surface area contributed by atoms with E-state index in [0.29, 0.717) is 33.3 Å². The van der Waals surface area contributed by atoms with Gasteiger partial charge in [-0.2, -0.15) is 13.2 Å². The summed E-state index contributed by atoms with van der Waals surface area (Å²) in [6.07, 6.45) is 3.11. The molecule has 0 aliphatic heterocycles. The molecule has 0 saturated carbocycles. The highest BCUT2D eigenvalue weighted by Gasteiger charge is 2.31. The van der Waals surface area contributed by atoms with Gasteiger partial charge in [0.25, 0.3) is 0 Å². The van der Waals surface area contributed by atoms with Gasteiger partial charge in [-0.15, -0.1) is 0 Å². The van der Waals surface area contributed by atoms with Crippen LogP contribution >= 0.6 is 0 Å². The van der Waals surface area contributed by atoms with Crippen LogP contribution in [0.25, 0.3) is 27.6 Å². The average molecular weight is 451 g/mol. The van der Waals surface area contributed by atoms with E-state index in [1.54, 1.807) is 49.5 Å². The number of amides is 1. The van der Waals surface area contributed by atoms with Crippen LogP contribution in [0.3, 0.4) is 0 Å². The first-order valence-electron chi connectivity index (χ1n) is 9.62. The molecule has 0 aliphatic carbocycles. The zero-order valence-corrected chi connectivity index (χ0v) is 17.3. The number of allylic oxidation sites excluding steroid dienone is 5. The third-order valence-electron chi connectivity index (χ3n) is 4.74. The Morgan fingerprint density at radius 2 is 1.88 bits per heavy atom. The van der Waals surface area contributed by atoms with Gasteiger partial charge < -0.3 is 5.32 Å². The third kappa shape index (κ3) is 5.83. The standard InChI is InChI=1S/C25H20F3N3O.CH4/c1-4-16(11-20(5-2)25(26,27)28)18-10-19-14-29-15-30-24(19)22(13-18)17-8-7-9-21(12-17)31-23(32)6-3;/h4-15H,2-3H2,1H3,(H,31,32);1H4/b16-4+,20-11+;. The zero-order chi connectivity index (χ0) is 23.3. The summed E-state index contributed by atoms with van der Waals surface area (Å²) in [5.41, 5.74) is 2.71. The molecular weight excluding hydrogens is 427 g/mol. The first-order chi connectivity index (χ1) is 15.3. The molecule has 1 aromatic heterocycles. The molecule has 3 aromatic rings. The Kier molecular flexibility index (Phi) is 8.07. The van der Waals surface area contributed by atoms with Gasteiger partial charge in [-0.05, 0) is 60.0 Å². The fourth-order valence-corrected chi connectivity index (χ4v) is 3.21. The number of aromatic nitrogens is 2. The number of alkyl halides is 3. The largest absolute Gasteiger partial charge is 0.416 e. The third-order valence-corrected chi connectivity index (χ3v) is 4.74. The quantitative estimate of drug-likeness (QED) is 0.320. The summed E-state index contributed by atoms with van der Waals surface area (Å²) < 4.78 is 39.8. The Hall–Kier alpha value is -4.00. The molecule has 1 heterocycles. The maximum Gasteiger partial charge on any atom is 0.416 e. The van der Waals surface area contributed by atoms with Gasteiger partial charge >= 0.3 is 6.18 Å². The van der Waals surface area contributed by atoms with E-state index in [2.05, 4.69) is 28.4 Å². The number of halogens is 3. The van der Waals surface area contributed by atoms with Crippen LogP contribution in [-0.4, -0.2) is 22.1 Å². The molecule has 0 spiro atoms. The number of carbonyl (C=O) groups is 1. The second kappa shape index (κ2) is 10.5. The first-order valence-corrected chi connectivity index (χ1v) is 9.62. The van der Waals surface area contributed by atoms with Gasteiger partial charge in [0.05, 0.1) is 11.1 Å². The van der Waals surface area contributed by atoms with E-state index in [9.17, 15) is 18.0 Å². The van der Waals surface area contributed by atoms with Crippen molar-refractivity contribution < 1.29 is 18.0 Å². The SMILES string of the molecule is C.C=CC(=O)Nc1cccc(-c2cc(C(=C/C)/C=C(\C=C)C(F)(F)F)cc3cncnc23)c1. The number of benzene rings is 2. The number of rotatable bonds is 6. The van der Waals surface area contributed by atoms with E-state index >= 15 is 0 Å². The van der Waals surface area contributed by atoms with Gasteiger partial charge in [-0.1, -0.05) is 44.9 Å². The first kappa shape index (κ1) is 25.3. The molecule has 3 rings (SSSR count). The molecule has 170 valence electrons. The van der Waals surface area contributed by atoms with Crippen LogP contribution in [0.1, 0.15) is 19.9 Å². The lowest BCUT2D eigenvalue weighted by atomic mass is 9.94. The van der Waals surface area contributed by atoms with Crippen molar-refractivity contribution in [3.8, 4) is 11.1 Å². The normalized spacial score (nSPS) is 12.1. The minimum Gasteiger partial charge on any atom is -0.323 e. The van der Waals surface area contributed by atoms with E-state index in [1.807, 2.05) is 6.07 Å². The van der Waals surface area contributed by atoms with E-state index < -0.39 is 11.7 Å². The van der Waals surface area contributed by atoms with Crippen molar-refractivity contribution in [3.63, 3.8) is 0 Å². The highest BCUT2D eigenvalue weighted by atomic mass is 19.4. The average Bonchev–Trinajstić information content (AvgIpc) is 2.78. The van der Waals surface area contributed by atoms with E-state index in [4.69, 9.17) is 0 Å². The number of hydrogen-bond acceptors (Lipinski definition) is 3.